The standard InChI is InChI=1S/C24H28F4N4O/c1-14-2-3-18(25)8-20(14)22-9-21(24(26,27)28)23(31-30-22)29-19-6-16-11-32(12-17(16)7-19)10-15-4-5-33-13-15/h2-3,8-9,15-17,19H,4-7,10-13H2,1H3,(H,29,31)/t15-,16?,17?,19?/m1/s1. The first-order valence-corrected chi connectivity index (χ1v) is 11.5. The predicted octanol–water partition coefficient (Wildman–Crippen LogP) is 4.77. The second-order valence-corrected chi connectivity index (χ2v) is 9.73. The minimum Gasteiger partial charge on any atom is -0.381 e. The van der Waals surface area contributed by atoms with Gasteiger partial charge in [-0.05, 0) is 67.7 Å². The summed E-state index contributed by atoms with van der Waals surface area (Å²) in [7, 11) is 0. The number of rotatable bonds is 5. The molecule has 3 fully saturated rings. The Morgan fingerprint density at radius 3 is 2.55 bits per heavy atom. The molecule has 0 radical (unpaired) electrons. The first-order valence-electron chi connectivity index (χ1n) is 11.5. The quantitative estimate of drug-likeness (QED) is 0.647. The molecule has 178 valence electrons. The highest BCUT2D eigenvalue weighted by Gasteiger charge is 2.43. The molecule has 1 aromatic carbocycles. The third-order valence-electron chi connectivity index (χ3n) is 7.28. The maximum atomic E-state index is 13.9. The molecule has 5 nitrogen and oxygen atoms in total. The van der Waals surface area contributed by atoms with Crippen molar-refractivity contribution in [2.24, 2.45) is 17.8 Å². The number of halogens is 4. The maximum absolute atomic E-state index is 13.9. The summed E-state index contributed by atoms with van der Waals surface area (Å²) in [5.74, 6) is 0.802. The van der Waals surface area contributed by atoms with Gasteiger partial charge in [0.05, 0.1) is 12.3 Å². The van der Waals surface area contributed by atoms with Crippen LogP contribution in [0.3, 0.4) is 0 Å². The number of ether oxygens (including phenoxy) is 1. The number of hydrogen-bond donors (Lipinski definition) is 1. The summed E-state index contributed by atoms with van der Waals surface area (Å²) in [6.07, 6.45) is -1.83. The van der Waals surface area contributed by atoms with Gasteiger partial charge in [0.2, 0.25) is 0 Å². The highest BCUT2D eigenvalue weighted by atomic mass is 19.4. The van der Waals surface area contributed by atoms with E-state index in [0.717, 1.165) is 58.2 Å². The van der Waals surface area contributed by atoms with E-state index in [2.05, 4.69) is 20.4 Å². The van der Waals surface area contributed by atoms with Gasteiger partial charge in [-0.25, -0.2) is 4.39 Å². The van der Waals surface area contributed by atoms with Crippen LogP contribution in [0.5, 0.6) is 0 Å². The Morgan fingerprint density at radius 1 is 1.12 bits per heavy atom. The lowest BCUT2D eigenvalue weighted by molar-refractivity contribution is -0.137. The number of aryl methyl sites for hydroxylation is 1. The summed E-state index contributed by atoms with van der Waals surface area (Å²) in [6, 6.07) is 4.89. The third kappa shape index (κ3) is 4.84. The average molecular weight is 465 g/mol. The molecule has 3 aliphatic rings. The number of hydrogen-bond acceptors (Lipinski definition) is 5. The summed E-state index contributed by atoms with van der Waals surface area (Å²) in [5, 5.41) is 10.9. The number of aromatic nitrogens is 2. The third-order valence-corrected chi connectivity index (χ3v) is 7.28. The summed E-state index contributed by atoms with van der Waals surface area (Å²) < 4.78 is 60.8. The van der Waals surface area contributed by atoms with Crippen molar-refractivity contribution in [3.8, 4) is 11.3 Å². The monoisotopic (exact) mass is 464 g/mol. The molecule has 9 heteroatoms. The van der Waals surface area contributed by atoms with E-state index < -0.39 is 17.6 Å². The molecular weight excluding hydrogens is 436 g/mol. The average Bonchev–Trinajstić information content (AvgIpc) is 3.47. The highest BCUT2D eigenvalue weighted by Crippen LogP contribution is 2.42. The lowest BCUT2D eigenvalue weighted by Crippen LogP contribution is -2.30. The van der Waals surface area contributed by atoms with Crippen molar-refractivity contribution in [3.63, 3.8) is 0 Å². The molecule has 1 saturated carbocycles. The molecule has 3 atom stereocenters. The number of anilines is 1. The Labute approximate surface area is 190 Å². The molecule has 33 heavy (non-hydrogen) atoms. The minimum absolute atomic E-state index is 0.0136. The normalized spacial score (nSPS) is 27.8. The zero-order valence-electron chi connectivity index (χ0n) is 18.5. The van der Waals surface area contributed by atoms with Gasteiger partial charge in [-0.2, -0.15) is 13.2 Å². The van der Waals surface area contributed by atoms with E-state index in [1.165, 1.54) is 18.2 Å². The van der Waals surface area contributed by atoms with E-state index in [-0.39, 0.29) is 17.6 Å². The molecular formula is C24H28F4N4O. The zero-order valence-corrected chi connectivity index (χ0v) is 18.5. The number of nitrogens with zero attached hydrogens (tertiary/aromatic N) is 3. The van der Waals surface area contributed by atoms with Gasteiger partial charge in [-0.1, -0.05) is 6.07 Å². The Bertz CT molecular complexity index is 994. The van der Waals surface area contributed by atoms with Gasteiger partial charge in [0, 0.05) is 37.8 Å². The van der Waals surface area contributed by atoms with Gasteiger partial charge >= 0.3 is 6.18 Å². The molecule has 0 spiro atoms. The van der Waals surface area contributed by atoms with Crippen LogP contribution in [0.15, 0.2) is 24.3 Å². The van der Waals surface area contributed by atoms with Crippen LogP contribution in [0.1, 0.15) is 30.4 Å². The Balaban J connectivity index is 1.29. The van der Waals surface area contributed by atoms with Crippen molar-refractivity contribution in [2.75, 3.05) is 38.2 Å². The summed E-state index contributed by atoms with van der Waals surface area (Å²) in [6.45, 7) is 6.42. The molecule has 5 rings (SSSR count). The fraction of sp³-hybridized carbons (Fsp3) is 0.583. The van der Waals surface area contributed by atoms with Gasteiger partial charge < -0.3 is 15.0 Å². The molecule has 1 N–H and O–H groups in total. The molecule has 1 aromatic heterocycles. The largest absolute Gasteiger partial charge is 0.420 e. The van der Waals surface area contributed by atoms with Crippen molar-refractivity contribution in [1.82, 2.24) is 15.1 Å². The van der Waals surface area contributed by atoms with Crippen LogP contribution < -0.4 is 5.32 Å². The molecule has 1 aliphatic carbocycles. The number of fused-ring (bicyclic) bond motifs is 1. The molecule has 3 heterocycles. The molecule has 0 bridgehead atoms. The second kappa shape index (κ2) is 8.83. The number of benzene rings is 1. The molecule has 0 amide bonds. The fourth-order valence-corrected chi connectivity index (χ4v) is 5.67. The number of alkyl halides is 3. The lowest BCUT2D eigenvalue weighted by Gasteiger charge is -2.23. The van der Waals surface area contributed by atoms with E-state index >= 15 is 0 Å². The van der Waals surface area contributed by atoms with Crippen LogP contribution >= 0.6 is 0 Å². The van der Waals surface area contributed by atoms with Crippen LogP contribution in [0.25, 0.3) is 11.3 Å². The topological polar surface area (TPSA) is 50.3 Å². The number of nitrogens with one attached hydrogen (secondary N) is 1. The zero-order chi connectivity index (χ0) is 23.2. The Hall–Kier alpha value is -2.26. The summed E-state index contributed by atoms with van der Waals surface area (Å²) in [4.78, 5) is 2.49. The van der Waals surface area contributed by atoms with Gasteiger partial charge in [0.25, 0.3) is 0 Å². The summed E-state index contributed by atoms with van der Waals surface area (Å²) in [5.41, 5.74) is 0.0929. The Morgan fingerprint density at radius 2 is 1.88 bits per heavy atom. The summed E-state index contributed by atoms with van der Waals surface area (Å²) >= 11 is 0. The van der Waals surface area contributed by atoms with E-state index in [9.17, 15) is 17.6 Å². The maximum Gasteiger partial charge on any atom is 0.420 e. The van der Waals surface area contributed by atoms with Gasteiger partial charge in [0.1, 0.15) is 11.4 Å². The van der Waals surface area contributed by atoms with E-state index in [0.29, 0.717) is 28.9 Å². The first-order chi connectivity index (χ1) is 15.8. The Kier molecular flexibility index (Phi) is 6.03. The first kappa shape index (κ1) is 22.5. The molecule has 2 aromatic rings. The van der Waals surface area contributed by atoms with E-state index in [1.54, 1.807) is 6.92 Å². The highest BCUT2D eigenvalue weighted by molar-refractivity contribution is 5.65. The van der Waals surface area contributed by atoms with Crippen LogP contribution in [-0.4, -0.2) is 54.0 Å². The minimum atomic E-state index is -4.59. The molecule has 2 unspecified atom stereocenters. The van der Waals surface area contributed by atoms with Crippen LogP contribution in [0.2, 0.25) is 0 Å². The van der Waals surface area contributed by atoms with Crippen LogP contribution in [0.4, 0.5) is 23.4 Å². The van der Waals surface area contributed by atoms with Crippen molar-refractivity contribution in [2.45, 2.75) is 38.4 Å². The smallest absolute Gasteiger partial charge is 0.381 e. The molecule has 2 aliphatic heterocycles. The van der Waals surface area contributed by atoms with Crippen molar-refractivity contribution in [1.29, 1.82) is 0 Å². The fourth-order valence-electron chi connectivity index (χ4n) is 5.67. The number of likely N-dealkylation sites (tertiary alicyclic amines) is 1. The lowest BCUT2D eigenvalue weighted by atomic mass is 10.0. The van der Waals surface area contributed by atoms with E-state index in [1.807, 2.05) is 0 Å². The van der Waals surface area contributed by atoms with Gasteiger partial charge in [0.15, 0.2) is 5.82 Å². The van der Waals surface area contributed by atoms with Crippen LogP contribution in [-0.2, 0) is 10.9 Å². The second-order valence-electron chi connectivity index (χ2n) is 9.73. The predicted molar refractivity (Wildman–Crippen MR) is 116 cm³/mol. The van der Waals surface area contributed by atoms with E-state index in [4.69, 9.17) is 4.74 Å². The van der Waals surface area contributed by atoms with Gasteiger partial charge in [-0.15, -0.1) is 10.2 Å². The van der Waals surface area contributed by atoms with Crippen molar-refractivity contribution in [3.05, 3.63) is 41.2 Å². The van der Waals surface area contributed by atoms with Crippen LogP contribution in [0, 0.1) is 30.5 Å². The van der Waals surface area contributed by atoms with Crippen molar-refractivity contribution >= 4 is 5.82 Å². The van der Waals surface area contributed by atoms with Gasteiger partial charge in [-0.3, -0.25) is 0 Å². The molecule has 2 saturated heterocycles. The van der Waals surface area contributed by atoms with Crippen molar-refractivity contribution < 1.29 is 22.3 Å². The SMILES string of the molecule is Cc1ccc(F)cc1-c1cc(C(F)(F)F)c(NC2CC3CN(C[C@H]4CCOC4)CC3C2)nn1.